The van der Waals surface area contributed by atoms with Crippen LogP contribution in [0.15, 0.2) is 22.7 Å². The number of carbonyl (C=O) groups is 1. The number of hydrogen-bond acceptors (Lipinski definition) is 8. The minimum Gasteiger partial charge on any atom is -0.485 e. The number of nitrogens with zero attached hydrogens (tertiary/aromatic N) is 2. The van der Waals surface area contributed by atoms with E-state index in [0.717, 1.165) is 0 Å². The van der Waals surface area contributed by atoms with Crippen LogP contribution in [-0.4, -0.2) is 41.1 Å². The van der Waals surface area contributed by atoms with Crippen LogP contribution in [0.4, 0.5) is 0 Å². The van der Waals surface area contributed by atoms with E-state index < -0.39 is 5.91 Å². The van der Waals surface area contributed by atoms with E-state index >= 15 is 0 Å². The fraction of sp³-hybridized carbons (Fsp3) is 0.308. The first kappa shape index (κ1) is 14.1. The van der Waals surface area contributed by atoms with Gasteiger partial charge in [-0.15, -0.1) is 0 Å². The number of aromatic nitrogens is 2. The molecule has 0 unspecified atom stereocenters. The van der Waals surface area contributed by atoms with Crippen LogP contribution in [0.5, 0.6) is 17.2 Å². The summed E-state index contributed by atoms with van der Waals surface area (Å²) >= 11 is 0. The summed E-state index contributed by atoms with van der Waals surface area (Å²) in [6, 6.07) is 5.15. The van der Waals surface area contributed by atoms with Gasteiger partial charge in [0.2, 0.25) is 12.6 Å². The van der Waals surface area contributed by atoms with Gasteiger partial charge in [0, 0.05) is 12.6 Å². The lowest BCUT2D eigenvalue weighted by atomic mass is 10.3. The molecule has 3 rings (SSSR count). The summed E-state index contributed by atoms with van der Waals surface area (Å²) in [6.07, 6.45) is 0. The van der Waals surface area contributed by atoms with Gasteiger partial charge in [-0.05, 0) is 12.1 Å². The topological polar surface area (TPSA) is 116 Å². The standard InChI is InChI=1S/C13H13N3O6/c17-4-3-14-12(18)13-15-11(16-22-13)6-19-8-1-2-9-10(5-8)21-7-20-9/h1-2,5,17H,3-4,6-7H2,(H,14,18). The van der Waals surface area contributed by atoms with Crippen LogP contribution in [0.1, 0.15) is 16.5 Å². The van der Waals surface area contributed by atoms with Crippen molar-refractivity contribution in [2.75, 3.05) is 19.9 Å². The van der Waals surface area contributed by atoms with Gasteiger partial charge in [-0.25, -0.2) is 0 Å². The molecular weight excluding hydrogens is 294 g/mol. The summed E-state index contributed by atoms with van der Waals surface area (Å²) in [5.74, 6) is 1.32. The minimum absolute atomic E-state index is 0.0381. The molecule has 0 spiro atoms. The molecule has 1 amide bonds. The van der Waals surface area contributed by atoms with E-state index in [0.29, 0.717) is 17.2 Å². The first-order valence-corrected chi connectivity index (χ1v) is 6.50. The number of aliphatic hydroxyl groups excluding tert-OH is 1. The second-order valence-corrected chi connectivity index (χ2v) is 4.30. The Morgan fingerprint density at radius 3 is 3.09 bits per heavy atom. The van der Waals surface area contributed by atoms with Crippen molar-refractivity contribution in [3.63, 3.8) is 0 Å². The van der Waals surface area contributed by atoms with Gasteiger partial charge in [-0.2, -0.15) is 4.98 Å². The predicted octanol–water partition coefficient (Wildman–Crippen LogP) is 0.0994. The van der Waals surface area contributed by atoms with Crippen molar-refractivity contribution < 1.29 is 28.6 Å². The Hall–Kier alpha value is -2.81. The van der Waals surface area contributed by atoms with Crippen LogP contribution in [0.25, 0.3) is 0 Å². The molecule has 9 heteroatoms. The molecule has 22 heavy (non-hydrogen) atoms. The quantitative estimate of drug-likeness (QED) is 0.772. The van der Waals surface area contributed by atoms with Gasteiger partial charge >= 0.3 is 11.8 Å². The normalized spacial score (nSPS) is 12.2. The molecule has 0 saturated carbocycles. The van der Waals surface area contributed by atoms with E-state index in [1.54, 1.807) is 18.2 Å². The summed E-state index contributed by atoms with van der Waals surface area (Å²) < 4.78 is 20.7. The molecule has 2 heterocycles. The molecular formula is C13H13N3O6. The number of ether oxygens (including phenoxy) is 3. The van der Waals surface area contributed by atoms with Crippen molar-refractivity contribution in [2.24, 2.45) is 0 Å². The van der Waals surface area contributed by atoms with Crippen molar-refractivity contribution in [1.82, 2.24) is 15.5 Å². The minimum atomic E-state index is -0.545. The van der Waals surface area contributed by atoms with Crippen molar-refractivity contribution in [3.8, 4) is 17.2 Å². The van der Waals surface area contributed by atoms with Crippen LogP contribution in [0.2, 0.25) is 0 Å². The second kappa shape index (κ2) is 6.31. The zero-order valence-electron chi connectivity index (χ0n) is 11.4. The maximum Gasteiger partial charge on any atom is 0.316 e. The lowest BCUT2D eigenvalue weighted by Gasteiger charge is -2.03. The van der Waals surface area contributed by atoms with Crippen molar-refractivity contribution in [3.05, 3.63) is 29.9 Å². The number of aliphatic hydroxyl groups is 1. The van der Waals surface area contributed by atoms with Crippen LogP contribution in [0, 0.1) is 0 Å². The van der Waals surface area contributed by atoms with Crippen LogP contribution >= 0.6 is 0 Å². The summed E-state index contributed by atoms with van der Waals surface area (Å²) in [7, 11) is 0. The Balaban J connectivity index is 1.58. The SMILES string of the molecule is O=C(NCCO)c1nc(COc2ccc3c(c2)OCO3)no1. The zero-order valence-corrected chi connectivity index (χ0v) is 11.4. The highest BCUT2D eigenvalue weighted by atomic mass is 16.7. The highest BCUT2D eigenvalue weighted by Crippen LogP contribution is 2.35. The van der Waals surface area contributed by atoms with E-state index in [4.69, 9.17) is 23.8 Å². The molecule has 1 aliphatic heterocycles. The fourth-order valence-corrected chi connectivity index (χ4v) is 1.76. The van der Waals surface area contributed by atoms with Crippen molar-refractivity contribution in [1.29, 1.82) is 0 Å². The third-order valence-electron chi connectivity index (χ3n) is 2.77. The van der Waals surface area contributed by atoms with Gasteiger partial charge in [0.15, 0.2) is 18.1 Å². The average Bonchev–Trinajstić information content (AvgIpc) is 3.18. The molecule has 0 saturated heterocycles. The molecule has 0 fully saturated rings. The Morgan fingerprint density at radius 2 is 2.23 bits per heavy atom. The molecule has 1 aliphatic rings. The lowest BCUT2D eigenvalue weighted by molar-refractivity contribution is 0.0901. The Morgan fingerprint density at radius 1 is 1.36 bits per heavy atom. The highest BCUT2D eigenvalue weighted by molar-refractivity contribution is 5.89. The second-order valence-electron chi connectivity index (χ2n) is 4.30. The molecule has 2 aromatic rings. The van der Waals surface area contributed by atoms with E-state index in [1.807, 2.05) is 0 Å². The molecule has 1 aromatic heterocycles. The third kappa shape index (κ3) is 3.09. The van der Waals surface area contributed by atoms with E-state index in [9.17, 15) is 4.79 Å². The third-order valence-corrected chi connectivity index (χ3v) is 2.77. The van der Waals surface area contributed by atoms with Gasteiger partial charge in [0.25, 0.3) is 0 Å². The van der Waals surface area contributed by atoms with Crippen LogP contribution in [0.3, 0.4) is 0 Å². The smallest absolute Gasteiger partial charge is 0.316 e. The number of hydrogen-bond donors (Lipinski definition) is 2. The Kier molecular flexibility index (Phi) is 4.05. The number of carbonyl (C=O) groups excluding carboxylic acids is 1. The fourth-order valence-electron chi connectivity index (χ4n) is 1.76. The largest absolute Gasteiger partial charge is 0.485 e. The Bertz CT molecular complexity index is 672. The molecule has 0 bridgehead atoms. The number of fused-ring (bicyclic) bond motifs is 1. The van der Waals surface area contributed by atoms with Crippen molar-refractivity contribution in [2.45, 2.75) is 6.61 Å². The molecule has 9 nitrogen and oxygen atoms in total. The maximum absolute atomic E-state index is 11.5. The maximum atomic E-state index is 11.5. The summed E-state index contributed by atoms with van der Waals surface area (Å²) in [5.41, 5.74) is 0. The van der Waals surface area contributed by atoms with E-state index in [1.165, 1.54) is 0 Å². The zero-order chi connectivity index (χ0) is 15.4. The number of nitrogens with one attached hydrogen (secondary N) is 1. The summed E-state index contributed by atoms with van der Waals surface area (Å²) in [5, 5.41) is 14.7. The van der Waals surface area contributed by atoms with Crippen LogP contribution in [-0.2, 0) is 6.61 Å². The molecule has 1 aromatic carbocycles. The van der Waals surface area contributed by atoms with Gasteiger partial charge in [-0.3, -0.25) is 4.79 Å². The van der Waals surface area contributed by atoms with Gasteiger partial charge < -0.3 is 29.2 Å². The van der Waals surface area contributed by atoms with Gasteiger partial charge in [-0.1, -0.05) is 5.16 Å². The molecule has 116 valence electrons. The average molecular weight is 307 g/mol. The molecule has 0 atom stereocenters. The first-order chi connectivity index (χ1) is 10.8. The van der Waals surface area contributed by atoms with E-state index in [2.05, 4.69) is 15.5 Å². The number of amides is 1. The summed E-state index contributed by atoms with van der Waals surface area (Å²) in [6.45, 7) is 0.177. The monoisotopic (exact) mass is 307 g/mol. The lowest BCUT2D eigenvalue weighted by Crippen LogP contribution is -2.26. The molecule has 2 N–H and O–H groups in total. The number of benzene rings is 1. The predicted molar refractivity (Wildman–Crippen MR) is 70.6 cm³/mol. The Labute approximate surface area is 124 Å². The van der Waals surface area contributed by atoms with Crippen LogP contribution < -0.4 is 19.5 Å². The van der Waals surface area contributed by atoms with Gasteiger partial charge in [0.05, 0.1) is 6.61 Å². The number of rotatable bonds is 6. The van der Waals surface area contributed by atoms with E-state index in [-0.39, 0.29) is 38.3 Å². The van der Waals surface area contributed by atoms with Gasteiger partial charge in [0.1, 0.15) is 5.75 Å². The highest BCUT2D eigenvalue weighted by Gasteiger charge is 2.16. The molecule has 0 aliphatic carbocycles. The first-order valence-electron chi connectivity index (χ1n) is 6.50. The molecule has 0 radical (unpaired) electrons. The van der Waals surface area contributed by atoms with Crippen molar-refractivity contribution >= 4 is 5.91 Å². The summed E-state index contributed by atoms with van der Waals surface area (Å²) in [4.78, 5) is 15.4.